The first-order valence-corrected chi connectivity index (χ1v) is 12.2. The third-order valence-electron chi connectivity index (χ3n) is 6.33. The van der Waals surface area contributed by atoms with Gasteiger partial charge in [-0.05, 0) is 18.2 Å². The summed E-state index contributed by atoms with van der Waals surface area (Å²) in [6.07, 6.45) is -22.8. The van der Waals surface area contributed by atoms with E-state index in [-0.39, 0.29) is 12.1 Å². The van der Waals surface area contributed by atoms with Crippen molar-refractivity contribution in [1.82, 2.24) is 9.97 Å². The zero-order chi connectivity index (χ0) is 38.1. The molecular weight excluding hydrogens is 702 g/mol. The second-order valence-electron chi connectivity index (χ2n) is 9.18. The second-order valence-corrected chi connectivity index (χ2v) is 9.18. The van der Waals surface area contributed by atoms with Crippen LogP contribution in [0.15, 0.2) is 18.2 Å². The summed E-state index contributed by atoms with van der Waals surface area (Å²) < 4.78 is 164. The maximum atomic E-state index is 13.7. The van der Waals surface area contributed by atoms with E-state index in [1.54, 1.807) is 0 Å². The van der Waals surface area contributed by atoms with Crippen LogP contribution in [0.25, 0.3) is 11.1 Å². The molecule has 0 amide bonds. The van der Waals surface area contributed by atoms with Crippen LogP contribution in [0.5, 0.6) is 0 Å². The smallest absolute Gasteiger partial charge is 0.237 e. The minimum Gasteiger partial charge on any atom is -0.237 e. The fourth-order valence-electron chi connectivity index (χ4n) is 4.38. The van der Waals surface area contributed by atoms with E-state index >= 15 is 0 Å². The van der Waals surface area contributed by atoms with Gasteiger partial charge in [-0.3, -0.25) is 0 Å². The molecule has 0 N–H and O–H groups in total. The number of benzene rings is 1. The van der Waals surface area contributed by atoms with Crippen molar-refractivity contribution in [3.63, 3.8) is 0 Å². The van der Waals surface area contributed by atoms with Gasteiger partial charge in [0.25, 0.3) is 0 Å². The number of hydrogen-bond donors (Lipinski definition) is 0. The lowest BCUT2D eigenvalue weighted by Gasteiger charge is -2.16. The molecule has 2 heterocycles. The Morgan fingerprint density at radius 2 is 0.840 bits per heavy atom. The lowest BCUT2D eigenvalue weighted by atomic mass is 9.88. The summed E-state index contributed by atoms with van der Waals surface area (Å²) in [6, 6.07) is 7.80. The van der Waals surface area contributed by atoms with Gasteiger partial charge < -0.3 is 0 Å². The molecule has 0 radical (unpaired) electrons. The fourth-order valence-corrected chi connectivity index (χ4v) is 4.38. The third kappa shape index (κ3) is 6.64. The number of aromatic nitrogens is 2. The molecule has 0 saturated heterocycles. The zero-order valence-electron chi connectivity index (χ0n) is 23.3. The molecule has 3 rings (SSSR count). The number of rotatable bonds is 2. The minimum absolute atomic E-state index is 0.195. The summed E-state index contributed by atoms with van der Waals surface area (Å²) in [7, 11) is 0. The van der Waals surface area contributed by atoms with Gasteiger partial charge in [0, 0.05) is 21.6 Å². The van der Waals surface area contributed by atoms with Gasteiger partial charge in [0.05, 0.1) is 45.0 Å². The van der Waals surface area contributed by atoms with Crippen LogP contribution < -0.4 is 10.4 Å². The summed E-state index contributed by atoms with van der Waals surface area (Å²) in [4.78, 5) is 4.83. The average Bonchev–Trinajstić information content (AvgIpc) is 3.02. The summed E-state index contributed by atoms with van der Waals surface area (Å²) in [5.74, 6) is 0. The molecule has 0 unspecified atom stereocenters. The normalized spacial score (nSPS) is 12.9. The summed E-state index contributed by atoms with van der Waals surface area (Å²) in [6.45, 7) is 0. The van der Waals surface area contributed by atoms with E-state index in [4.69, 9.17) is 0 Å². The zero-order valence-corrected chi connectivity index (χ0v) is 23.3. The number of nitriles is 7. The average molecular weight is 705 g/mol. The maximum Gasteiger partial charge on any atom is 0.434 e. The topological polar surface area (TPSA) is 192 Å². The van der Waals surface area contributed by atoms with Crippen molar-refractivity contribution in [2.75, 3.05) is 0 Å². The monoisotopic (exact) mass is 705 g/mol. The van der Waals surface area contributed by atoms with Gasteiger partial charge >= 0.3 is 24.7 Å². The van der Waals surface area contributed by atoms with E-state index < -0.39 is 108 Å². The van der Waals surface area contributed by atoms with Gasteiger partial charge in [0.15, 0.2) is 11.4 Å². The second kappa shape index (κ2) is 12.8. The fraction of sp³-hybridized carbons (Fsp3) is 0.138. The number of halogens is 12. The van der Waals surface area contributed by atoms with E-state index in [1.165, 1.54) is 18.2 Å². The van der Waals surface area contributed by atoms with Gasteiger partial charge in [-0.1, -0.05) is 0 Å². The molecule has 0 fully saturated rings. The highest BCUT2D eigenvalue weighted by Gasteiger charge is 2.44. The van der Waals surface area contributed by atoms with Crippen molar-refractivity contribution in [1.29, 1.82) is 36.8 Å². The number of alkyl halides is 12. The highest BCUT2D eigenvalue weighted by molar-refractivity contribution is 5.85. The van der Waals surface area contributed by atoms with E-state index in [1.807, 2.05) is 0 Å². The molecule has 1 aromatic carbocycles. The van der Waals surface area contributed by atoms with Crippen molar-refractivity contribution in [2.24, 2.45) is 0 Å². The van der Waals surface area contributed by atoms with Crippen LogP contribution in [-0.2, 0) is 24.7 Å². The van der Waals surface area contributed by atoms with Gasteiger partial charge in [0.1, 0.15) is 47.8 Å². The first-order valence-electron chi connectivity index (χ1n) is 12.2. The Balaban J connectivity index is 2.85. The molecule has 0 atom stereocenters. The van der Waals surface area contributed by atoms with Crippen molar-refractivity contribution >= 4 is 11.1 Å². The number of nitrogens with zero attached hydrogens (tertiary/aromatic N) is 9. The van der Waals surface area contributed by atoms with Crippen molar-refractivity contribution in [3.8, 4) is 42.5 Å². The van der Waals surface area contributed by atoms with Crippen molar-refractivity contribution in [2.45, 2.75) is 24.7 Å². The molecule has 0 spiro atoms. The Hall–Kier alpha value is -7.15. The van der Waals surface area contributed by atoms with Crippen LogP contribution in [0.2, 0.25) is 0 Å². The predicted octanol–water partition coefficient (Wildman–Crippen LogP) is 5.36. The van der Waals surface area contributed by atoms with Crippen LogP contribution in [0, 0.1) is 79.3 Å². The standard InChI is InChI=1S/C29H3F12N9/c30-26(31,32)21-2-13(19(9-47)24(49-21)28(36,37)38)15(5-43)12-1-11(4-42)23(18(8-46)16(12)6-44)17(7-45)14-3-22(27(33,34)35)50-25(20(14)10-48)29(39,40)41/h1-3H/b15-12-,23-17-. The van der Waals surface area contributed by atoms with Crippen LogP contribution in [0.3, 0.4) is 0 Å². The van der Waals surface area contributed by atoms with Crippen LogP contribution in [0.1, 0.15) is 61.7 Å². The molecule has 248 valence electrons. The highest BCUT2D eigenvalue weighted by Crippen LogP contribution is 2.39. The lowest BCUT2D eigenvalue weighted by molar-refractivity contribution is -0.151. The molecular formula is C29H3F12N9. The lowest BCUT2D eigenvalue weighted by Crippen LogP contribution is -2.27. The quantitative estimate of drug-likeness (QED) is 0.316. The molecule has 3 aromatic rings. The molecule has 2 aromatic heterocycles. The van der Waals surface area contributed by atoms with Crippen molar-refractivity contribution < 1.29 is 52.7 Å². The third-order valence-corrected chi connectivity index (χ3v) is 6.33. The summed E-state index contributed by atoms with van der Waals surface area (Å²) >= 11 is 0. The van der Waals surface area contributed by atoms with Crippen LogP contribution in [-0.4, -0.2) is 9.97 Å². The first-order chi connectivity index (χ1) is 23.0. The molecule has 9 nitrogen and oxygen atoms in total. The van der Waals surface area contributed by atoms with Crippen LogP contribution in [0.4, 0.5) is 52.7 Å². The summed E-state index contributed by atoms with van der Waals surface area (Å²) in [5.41, 5.74) is -22.5. The molecule has 0 aliphatic heterocycles. The number of pyridine rings is 2. The minimum atomic E-state index is -5.77. The van der Waals surface area contributed by atoms with E-state index in [0.29, 0.717) is 6.07 Å². The van der Waals surface area contributed by atoms with Gasteiger partial charge in [-0.2, -0.15) is 89.5 Å². The predicted molar refractivity (Wildman–Crippen MR) is 134 cm³/mol. The Labute approximate surface area is 268 Å². The Morgan fingerprint density at radius 3 is 1.14 bits per heavy atom. The molecule has 21 heteroatoms. The molecule has 0 bridgehead atoms. The molecule has 0 aliphatic carbocycles. The van der Waals surface area contributed by atoms with E-state index in [2.05, 4.69) is 9.97 Å². The number of hydrogen-bond acceptors (Lipinski definition) is 9. The molecule has 0 aliphatic rings. The first kappa shape index (κ1) is 37.3. The Kier molecular flexibility index (Phi) is 9.55. The maximum absolute atomic E-state index is 13.7. The van der Waals surface area contributed by atoms with Gasteiger partial charge in [-0.25, -0.2) is 9.97 Å². The molecule has 50 heavy (non-hydrogen) atoms. The van der Waals surface area contributed by atoms with Crippen molar-refractivity contribution in [3.05, 3.63) is 90.4 Å². The highest BCUT2D eigenvalue weighted by atomic mass is 19.4. The molecule has 0 saturated carbocycles. The Morgan fingerprint density at radius 1 is 0.460 bits per heavy atom. The van der Waals surface area contributed by atoms with E-state index in [9.17, 15) is 89.5 Å². The summed E-state index contributed by atoms with van der Waals surface area (Å²) in [5, 5.41) is 66.2. The SMILES string of the molecule is N#C/C(c1cc(C(F)(F)F)nc(C(F)(F)F)c1C#N)=c1\cc(C#N)/c(=C(\C#N)c2cc(C(F)(F)F)nc(C(F)(F)F)c2C#N)c(C#N)c1C#N. The van der Waals surface area contributed by atoms with Gasteiger partial charge in [-0.15, -0.1) is 0 Å². The van der Waals surface area contributed by atoms with Gasteiger partial charge in [0.2, 0.25) is 0 Å². The van der Waals surface area contributed by atoms with Crippen LogP contribution >= 0.6 is 0 Å². The largest absolute Gasteiger partial charge is 0.434 e. The van der Waals surface area contributed by atoms with E-state index in [0.717, 1.165) is 24.3 Å². The Bertz CT molecular complexity index is 2400.